The Morgan fingerprint density at radius 3 is 2.53 bits per heavy atom. The minimum absolute atomic E-state index is 0.190. The molecule has 1 heterocycles. The number of alkyl halides is 3. The first-order valence-electron chi connectivity index (χ1n) is 4.27. The van der Waals surface area contributed by atoms with Crippen molar-refractivity contribution in [2.75, 3.05) is 7.05 Å². The summed E-state index contributed by atoms with van der Waals surface area (Å²) in [5.41, 5.74) is 0.190. The van der Waals surface area contributed by atoms with E-state index in [0.29, 0.717) is 0 Å². The first kappa shape index (κ1) is 11.9. The fraction of sp³-hybridized carbons (Fsp3) is 0.444. The number of hydrogen-bond acceptors (Lipinski definition) is 2. The summed E-state index contributed by atoms with van der Waals surface area (Å²) in [4.78, 5) is 3.50. The zero-order valence-corrected chi connectivity index (χ0v) is 7.98. The van der Waals surface area contributed by atoms with Gasteiger partial charge in [0.15, 0.2) is 0 Å². The van der Waals surface area contributed by atoms with E-state index in [1.54, 1.807) is 0 Å². The molecule has 0 saturated carbocycles. The van der Waals surface area contributed by atoms with Crippen LogP contribution in [0.5, 0.6) is 0 Å². The van der Waals surface area contributed by atoms with Gasteiger partial charge >= 0.3 is 6.18 Å². The highest BCUT2D eigenvalue weighted by Gasteiger charge is 2.32. The van der Waals surface area contributed by atoms with Gasteiger partial charge in [-0.1, -0.05) is 0 Å². The second kappa shape index (κ2) is 4.57. The van der Waals surface area contributed by atoms with E-state index in [4.69, 9.17) is 0 Å². The van der Waals surface area contributed by atoms with Gasteiger partial charge in [0.1, 0.15) is 5.82 Å². The number of pyridine rings is 1. The van der Waals surface area contributed by atoms with Crippen LogP contribution in [0.4, 0.5) is 17.6 Å². The molecule has 15 heavy (non-hydrogen) atoms. The SMILES string of the molecule is CNC(CC(F)(F)F)c1cncc(F)c1. The molecule has 1 rings (SSSR count). The predicted molar refractivity (Wildman–Crippen MR) is 46.7 cm³/mol. The van der Waals surface area contributed by atoms with E-state index in [1.807, 2.05) is 0 Å². The van der Waals surface area contributed by atoms with Crippen LogP contribution in [0, 0.1) is 5.82 Å². The molecule has 1 aromatic heterocycles. The van der Waals surface area contributed by atoms with Crippen molar-refractivity contribution in [3.63, 3.8) is 0 Å². The lowest BCUT2D eigenvalue weighted by Crippen LogP contribution is -2.23. The van der Waals surface area contributed by atoms with Gasteiger partial charge in [-0.2, -0.15) is 13.2 Å². The molecule has 0 aliphatic rings. The van der Waals surface area contributed by atoms with Gasteiger partial charge in [-0.25, -0.2) is 4.39 Å². The molecule has 6 heteroatoms. The van der Waals surface area contributed by atoms with Gasteiger partial charge in [0, 0.05) is 12.2 Å². The van der Waals surface area contributed by atoms with Gasteiger partial charge in [-0.05, 0) is 18.7 Å². The van der Waals surface area contributed by atoms with E-state index >= 15 is 0 Å². The van der Waals surface area contributed by atoms with Crippen LogP contribution in [0.3, 0.4) is 0 Å². The van der Waals surface area contributed by atoms with Crippen molar-refractivity contribution in [2.24, 2.45) is 0 Å². The Labute approximate surface area is 84.3 Å². The van der Waals surface area contributed by atoms with Crippen molar-refractivity contribution in [2.45, 2.75) is 18.6 Å². The van der Waals surface area contributed by atoms with Gasteiger partial charge in [0.05, 0.1) is 12.6 Å². The summed E-state index contributed by atoms with van der Waals surface area (Å²) in [7, 11) is 1.39. The fourth-order valence-corrected chi connectivity index (χ4v) is 1.24. The molecule has 84 valence electrons. The highest BCUT2D eigenvalue weighted by Crippen LogP contribution is 2.28. The summed E-state index contributed by atoms with van der Waals surface area (Å²) < 4.78 is 49.1. The molecule has 0 aliphatic heterocycles. The molecule has 0 radical (unpaired) electrons. The number of nitrogens with zero attached hydrogens (tertiary/aromatic N) is 1. The topological polar surface area (TPSA) is 24.9 Å². The Kier molecular flexibility index (Phi) is 3.62. The molecule has 1 N–H and O–H groups in total. The van der Waals surface area contributed by atoms with Crippen molar-refractivity contribution in [3.05, 3.63) is 29.8 Å². The first-order chi connectivity index (χ1) is 6.92. The van der Waals surface area contributed by atoms with E-state index in [9.17, 15) is 17.6 Å². The van der Waals surface area contributed by atoms with E-state index in [-0.39, 0.29) is 5.56 Å². The maximum Gasteiger partial charge on any atom is 0.390 e. The number of hydrogen-bond donors (Lipinski definition) is 1. The summed E-state index contributed by atoms with van der Waals surface area (Å²) in [5, 5.41) is 2.48. The van der Waals surface area contributed by atoms with Crippen LogP contribution in [0.2, 0.25) is 0 Å². The normalized spacial score (nSPS) is 13.9. The zero-order valence-electron chi connectivity index (χ0n) is 7.98. The first-order valence-corrected chi connectivity index (χ1v) is 4.27. The second-order valence-corrected chi connectivity index (χ2v) is 3.10. The molecule has 1 aromatic rings. The van der Waals surface area contributed by atoms with Crippen LogP contribution in [0.1, 0.15) is 18.0 Å². The van der Waals surface area contributed by atoms with E-state index in [0.717, 1.165) is 12.3 Å². The number of nitrogens with one attached hydrogen (secondary N) is 1. The molecule has 0 spiro atoms. The molecule has 0 aromatic carbocycles. The maximum absolute atomic E-state index is 12.7. The lowest BCUT2D eigenvalue weighted by Gasteiger charge is -2.17. The molecular weight excluding hydrogens is 212 g/mol. The summed E-state index contributed by atoms with van der Waals surface area (Å²) >= 11 is 0. The molecule has 0 bridgehead atoms. The van der Waals surface area contributed by atoms with Crippen molar-refractivity contribution in [1.82, 2.24) is 10.3 Å². The van der Waals surface area contributed by atoms with Crippen molar-refractivity contribution in [3.8, 4) is 0 Å². The van der Waals surface area contributed by atoms with Gasteiger partial charge in [-0.15, -0.1) is 0 Å². The van der Waals surface area contributed by atoms with Crippen molar-refractivity contribution >= 4 is 0 Å². The highest BCUT2D eigenvalue weighted by atomic mass is 19.4. The molecule has 0 fully saturated rings. The van der Waals surface area contributed by atoms with Crippen molar-refractivity contribution < 1.29 is 17.6 Å². The van der Waals surface area contributed by atoms with Crippen LogP contribution in [-0.4, -0.2) is 18.2 Å². The molecule has 2 nitrogen and oxygen atoms in total. The number of halogens is 4. The van der Waals surface area contributed by atoms with E-state index in [1.165, 1.54) is 13.2 Å². The number of rotatable bonds is 3. The average molecular weight is 222 g/mol. The monoisotopic (exact) mass is 222 g/mol. The standard InChI is InChI=1S/C9H10F4N2/c1-14-8(3-9(11,12)13)6-2-7(10)5-15-4-6/h2,4-5,8,14H,3H2,1H3. The Bertz CT molecular complexity index is 324. The summed E-state index contributed by atoms with van der Waals surface area (Å²) in [6, 6.07) is 0.0769. The predicted octanol–water partition coefficient (Wildman–Crippen LogP) is 2.43. The smallest absolute Gasteiger partial charge is 0.313 e. The Hall–Kier alpha value is -1.17. The second-order valence-electron chi connectivity index (χ2n) is 3.10. The fourth-order valence-electron chi connectivity index (χ4n) is 1.24. The summed E-state index contributed by atoms with van der Waals surface area (Å²) in [5.74, 6) is -0.644. The average Bonchev–Trinajstić information content (AvgIpc) is 2.13. The zero-order chi connectivity index (χ0) is 11.5. The third kappa shape index (κ3) is 3.83. The number of aromatic nitrogens is 1. The van der Waals surface area contributed by atoms with Gasteiger partial charge < -0.3 is 5.32 Å². The molecule has 0 amide bonds. The minimum atomic E-state index is -4.29. The molecule has 1 atom stereocenters. The Morgan fingerprint density at radius 2 is 2.07 bits per heavy atom. The van der Waals surface area contributed by atoms with Crippen LogP contribution in [-0.2, 0) is 0 Å². The van der Waals surface area contributed by atoms with Crippen LogP contribution >= 0.6 is 0 Å². The molecular formula is C9H10F4N2. The van der Waals surface area contributed by atoms with Crippen molar-refractivity contribution in [1.29, 1.82) is 0 Å². The molecule has 0 saturated heterocycles. The third-order valence-electron chi connectivity index (χ3n) is 1.91. The van der Waals surface area contributed by atoms with Gasteiger partial charge in [0.2, 0.25) is 0 Å². The quantitative estimate of drug-likeness (QED) is 0.794. The van der Waals surface area contributed by atoms with Crippen LogP contribution in [0.15, 0.2) is 18.5 Å². The molecule has 0 aliphatic carbocycles. The van der Waals surface area contributed by atoms with Gasteiger partial charge in [0.25, 0.3) is 0 Å². The minimum Gasteiger partial charge on any atom is -0.313 e. The Balaban J connectivity index is 2.83. The summed E-state index contributed by atoms with van der Waals surface area (Å²) in [6.07, 6.45) is -3.17. The highest BCUT2D eigenvalue weighted by molar-refractivity contribution is 5.15. The van der Waals surface area contributed by atoms with Crippen LogP contribution < -0.4 is 5.32 Å². The third-order valence-corrected chi connectivity index (χ3v) is 1.91. The Morgan fingerprint density at radius 1 is 1.40 bits per heavy atom. The van der Waals surface area contributed by atoms with Gasteiger partial charge in [-0.3, -0.25) is 4.98 Å². The van der Waals surface area contributed by atoms with E-state index in [2.05, 4.69) is 10.3 Å². The summed E-state index contributed by atoms with van der Waals surface area (Å²) in [6.45, 7) is 0. The largest absolute Gasteiger partial charge is 0.390 e. The lowest BCUT2D eigenvalue weighted by molar-refractivity contribution is -0.140. The molecule has 1 unspecified atom stereocenters. The van der Waals surface area contributed by atoms with E-state index < -0.39 is 24.5 Å². The van der Waals surface area contributed by atoms with Crippen LogP contribution in [0.25, 0.3) is 0 Å². The lowest BCUT2D eigenvalue weighted by atomic mass is 10.1. The maximum atomic E-state index is 12.7.